The molecule has 0 bridgehead atoms. The van der Waals surface area contributed by atoms with Gasteiger partial charge in [0.15, 0.2) is 0 Å². The number of methoxy groups -OCH3 is 1. The molecule has 0 saturated heterocycles. The third-order valence-corrected chi connectivity index (χ3v) is 8.10. The molecule has 0 saturated carbocycles. The van der Waals surface area contributed by atoms with E-state index in [2.05, 4.69) is 5.32 Å². The van der Waals surface area contributed by atoms with Crippen molar-refractivity contribution in [2.75, 3.05) is 12.4 Å². The number of thiophene rings is 1. The molecule has 0 aliphatic carbocycles. The lowest BCUT2D eigenvalue weighted by atomic mass is 9.87. The van der Waals surface area contributed by atoms with Crippen molar-refractivity contribution in [1.29, 1.82) is 0 Å². The molecule has 10 heteroatoms. The van der Waals surface area contributed by atoms with E-state index in [9.17, 15) is 26.4 Å². The molecule has 0 spiro atoms. The number of rotatable bonds is 4. The van der Waals surface area contributed by atoms with Crippen LogP contribution < -0.4 is 10.1 Å². The lowest BCUT2D eigenvalue weighted by molar-refractivity contribution is -0.138. The molecule has 2 aromatic carbocycles. The fourth-order valence-corrected chi connectivity index (χ4v) is 6.49. The summed E-state index contributed by atoms with van der Waals surface area (Å²) in [6.07, 6.45) is -4.80. The van der Waals surface area contributed by atoms with Crippen molar-refractivity contribution in [3.8, 4) is 5.75 Å². The molecule has 0 fully saturated rings. The maximum Gasteiger partial charge on any atom is 0.416 e. The van der Waals surface area contributed by atoms with E-state index in [1.54, 1.807) is 0 Å². The van der Waals surface area contributed by atoms with Gasteiger partial charge in [-0.2, -0.15) is 13.2 Å². The van der Waals surface area contributed by atoms with Crippen LogP contribution in [0.15, 0.2) is 63.7 Å². The molecule has 1 unspecified atom stereocenters. The number of nitrogens with one attached hydrogen (secondary N) is 1. The van der Waals surface area contributed by atoms with E-state index >= 15 is 0 Å². The van der Waals surface area contributed by atoms with Gasteiger partial charge in [0, 0.05) is 22.6 Å². The minimum atomic E-state index is -4.60. The van der Waals surface area contributed by atoms with Gasteiger partial charge in [-0.15, -0.1) is 11.3 Å². The van der Waals surface area contributed by atoms with E-state index in [0.717, 1.165) is 17.4 Å². The number of fused-ring (bicyclic) bond motifs is 1. The van der Waals surface area contributed by atoms with Gasteiger partial charge in [0.25, 0.3) is 0 Å². The van der Waals surface area contributed by atoms with Gasteiger partial charge in [0.05, 0.1) is 23.3 Å². The van der Waals surface area contributed by atoms with Crippen LogP contribution in [-0.4, -0.2) is 21.4 Å². The summed E-state index contributed by atoms with van der Waals surface area (Å²) in [5.74, 6) is -0.964. The third kappa shape index (κ3) is 3.81. The molecule has 4 rings (SSSR count). The number of hydrogen-bond acceptors (Lipinski definition) is 5. The van der Waals surface area contributed by atoms with Gasteiger partial charge in [0.2, 0.25) is 15.7 Å². The number of benzene rings is 2. The van der Waals surface area contributed by atoms with Crippen LogP contribution in [0, 0.1) is 0 Å². The second kappa shape index (κ2) is 7.69. The fraction of sp³-hybridized carbons (Fsp3) is 0.190. The fourth-order valence-electron chi connectivity index (χ4n) is 3.59. The molecular formula is C21H16F3NO4S2. The van der Waals surface area contributed by atoms with Crippen LogP contribution in [0.4, 0.5) is 18.9 Å². The van der Waals surface area contributed by atoms with Gasteiger partial charge in [-0.25, -0.2) is 8.42 Å². The Labute approximate surface area is 180 Å². The first-order valence-electron chi connectivity index (χ1n) is 9.09. The topological polar surface area (TPSA) is 72.5 Å². The highest BCUT2D eigenvalue weighted by Crippen LogP contribution is 2.48. The van der Waals surface area contributed by atoms with Crippen LogP contribution in [0.3, 0.4) is 0 Å². The zero-order chi connectivity index (χ0) is 22.4. The molecule has 1 aliphatic rings. The predicted molar refractivity (Wildman–Crippen MR) is 109 cm³/mol. The highest BCUT2D eigenvalue weighted by atomic mass is 32.2. The molecule has 1 aromatic heterocycles. The molecule has 1 aliphatic heterocycles. The average Bonchev–Trinajstić information content (AvgIpc) is 3.17. The summed E-state index contributed by atoms with van der Waals surface area (Å²) in [4.78, 5) is 12.6. The number of alkyl halides is 3. The van der Waals surface area contributed by atoms with Crippen LogP contribution in [0.2, 0.25) is 0 Å². The van der Waals surface area contributed by atoms with Crippen molar-refractivity contribution < 1.29 is 31.1 Å². The minimum Gasteiger partial charge on any atom is -0.497 e. The second-order valence-corrected chi connectivity index (χ2v) is 9.74. The summed E-state index contributed by atoms with van der Waals surface area (Å²) in [5, 5.41) is 3.91. The largest absolute Gasteiger partial charge is 0.497 e. The summed E-state index contributed by atoms with van der Waals surface area (Å²) in [6, 6.07) is 10.8. The Morgan fingerprint density at radius 2 is 1.77 bits per heavy atom. The first-order valence-corrected chi connectivity index (χ1v) is 11.5. The van der Waals surface area contributed by atoms with Crippen molar-refractivity contribution in [2.24, 2.45) is 0 Å². The molecule has 31 heavy (non-hydrogen) atoms. The molecule has 162 valence electrons. The van der Waals surface area contributed by atoms with E-state index in [-0.39, 0.29) is 27.5 Å². The molecule has 1 N–H and O–H groups in total. The number of carbonyl (C=O) groups excluding carboxylic acids is 1. The van der Waals surface area contributed by atoms with Crippen LogP contribution in [0.5, 0.6) is 5.75 Å². The standard InChI is InChI=1S/C21H16F3NO4S2/c1-29-12-6-8-13(9-7-12)31(27,28)17-11-30-20-15(10-18(26)25-19(17)20)14-4-2-3-5-16(14)21(22,23)24/h2-9,11,15H,10H2,1H3,(H,25,26). The summed E-state index contributed by atoms with van der Waals surface area (Å²) in [5.41, 5.74) is -0.853. The lowest BCUT2D eigenvalue weighted by Crippen LogP contribution is -2.25. The molecule has 0 radical (unpaired) electrons. The number of hydrogen-bond donors (Lipinski definition) is 1. The Balaban J connectivity index is 1.83. The maximum absolute atomic E-state index is 13.6. The lowest BCUT2D eigenvalue weighted by Gasteiger charge is -2.26. The van der Waals surface area contributed by atoms with Crippen molar-refractivity contribution in [3.63, 3.8) is 0 Å². The third-order valence-electron chi connectivity index (χ3n) is 5.06. The zero-order valence-corrected chi connectivity index (χ0v) is 17.7. The van der Waals surface area contributed by atoms with E-state index in [4.69, 9.17) is 4.74 Å². The predicted octanol–water partition coefficient (Wildman–Crippen LogP) is 5.08. The normalized spacial score (nSPS) is 16.5. The maximum atomic E-state index is 13.6. The van der Waals surface area contributed by atoms with E-state index in [1.807, 2.05) is 0 Å². The Hall–Kier alpha value is -2.85. The highest BCUT2D eigenvalue weighted by molar-refractivity contribution is 7.91. The summed E-state index contributed by atoms with van der Waals surface area (Å²) >= 11 is 1.02. The number of carbonyl (C=O) groups is 1. The van der Waals surface area contributed by atoms with Crippen LogP contribution in [0.1, 0.15) is 28.3 Å². The number of sulfone groups is 1. The summed E-state index contributed by atoms with van der Waals surface area (Å²) in [6.45, 7) is 0. The molecule has 1 amide bonds. The van der Waals surface area contributed by atoms with Gasteiger partial charge in [0.1, 0.15) is 10.6 Å². The molecule has 1 atom stereocenters. The van der Waals surface area contributed by atoms with Crippen LogP contribution in [0.25, 0.3) is 0 Å². The highest BCUT2D eigenvalue weighted by Gasteiger charge is 2.40. The van der Waals surface area contributed by atoms with Crippen molar-refractivity contribution >= 4 is 32.8 Å². The number of ether oxygens (including phenoxy) is 1. The average molecular weight is 467 g/mol. The second-order valence-electron chi connectivity index (χ2n) is 6.91. The molecular weight excluding hydrogens is 451 g/mol. The first-order chi connectivity index (χ1) is 14.6. The molecule has 3 aromatic rings. The smallest absolute Gasteiger partial charge is 0.416 e. The molecule has 5 nitrogen and oxygen atoms in total. The minimum absolute atomic E-state index is 0.0130. The van der Waals surface area contributed by atoms with Gasteiger partial charge >= 0.3 is 6.18 Å². The van der Waals surface area contributed by atoms with Gasteiger partial charge in [-0.1, -0.05) is 18.2 Å². The number of amides is 1. The van der Waals surface area contributed by atoms with Crippen LogP contribution in [-0.2, 0) is 20.8 Å². The van der Waals surface area contributed by atoms with Gasteiger partial charge in [-0.05, 0) is 35.9 Å². The van der Waals surface area contributed by atoms with Crippen molar-refractivity contribution in [3.05, 3.63) is 69.9 Å². The van der Waals surface area contributed by atoms with E-state index in [1.165, 1.54) is 55.0 Å². The van der Waals surface area contributed by atoms with Crippen LogP contribution >= 0.6 is 11.3 Å². The Morgan fingerprint density at radius 1 is 1.10 bits per heavy atom. The SMILES string of the molecule is COc1ccc(S(=O)(=O)c2csc3c2NC(=O)CC3c2ccccc2C(F)(F)F)cc1. The summed E-state index contributed by atoms with van der Waals surface area (Å²) < 4.78 is 72.0. The van der Waals surface area contributed by atoms with Crippen molar-refractivity contribution in [2.45, 2.75) is 28.3 Å². The number of halogens is 3. The summed E-state index contributed by atoms with van der Waals surface area (Å²) in [7, 11) is -2.56. The Bertz CT molecular complexity index is 1250. The Kier molecular flexibility index (Phi) is 5.30. The number of anilines is 1. The van der Waals surface area contributed by atoms with Gasteiger partial charge in [-0.3, -0.25) is 4.79 Å². The van der Waals surface area contributed by atoms with E-state index in [0.29, 0.717) is 10.6 Å². The van der Waals surface area contributed by atoms with E-state index < -0.39 is 33.4 Å². The Morgan fingerprint density at radius 3 is 2.42 bits per heavy atom. The first kappa shape index (κ1) is 21.4. The molecule has 2 heterocycles. The quantitative estimate of drug-likeness (QED) is 0.581. The monoisotopic (exact) mass is 467 g/mol. The zero-order valence-electron chi connectivity index (χ0n) is 16.1. The van der Waals surface area contributed by atoms with Crippen molar-refractivity contribution in [1.82, 2.24) is 0 Å². The van der Waals surface area contributed by atoms with Gasteiger partial charge < -0.3 is 10.1 Å².